The summed E-state index contributed by atoms with van der Waals surface area (Å²) in [6, 6.07) is 4.64. The molecule has 0 bridgehead atoms. The summed E-state index contributed by atoms with van der Waals surface area (Å²) in [5.74, 6) is -0.398. The van der Waals surface area contributed by atoms with E-state index in [1.807, 2.05) is 0 Å². The third kappa shape index (κ3) is 4.80. The van der Waals surface area contributed by atoms with Gasteiger partial charge in [-0.2, -0.15) is 13.2 Å². The number of halogens is 4. The first-order chi connectivity index (χ1) is 12.4. The Morgan fingerprint density at radius 2 is 1.85 bits per heavy atom. The standard InChI is InChI=1S/C16H14ClF3NO5P/c1-8(2)10-6-12(21(22)23)15(27(24)25)7-14(10)26-13-4-3-9(5-11(13)17)16(18,19)20/h3-8,27H,1-2H3,(H,24,25). The number of alkyl halides is 3. The van der Waals surface area contributed by atoms with Gasteiger partial charge in [0.1, 0.15) is 16.8 Å². The molecular weight excluding hydrogens is 410 g/mol. The van der Waals surface area contributed by atoms with Gasteiger partial charge >= 0.3 is 6.18 Å². The molecule has 0 amide bonds. The first-order valence-electron chi connectivity index (χ1n) is 7.52. The Hall–Kier alpha value is -2.09. The van der Waals surface area contributed by atoms with Crippen molar-refractivity contribution in [2.75, 3.05) is 0 Å². The molecular formula is C16H14ClF3NO5P. The zero-order valence-electron chi connectivity index (χ0n) is 14.0. The van der Waals surface area contributed by atoms with Crippen LogP contribution in [-0.2, 0) is 10.7 Å². The van der Waals surface area contributed by atoms with Gasteiger partial charge in [-0.15, -0.1) is 0 Å². The maximum Gasteiger partial charge on any atom is 0.416 e. The van der Waals surface area contributed by atoms with E-state index in [-0.39, 0.29) is 22.4 Å². The fourth-order valence-corrected chi connectivity index (χ4v) is 3.18. The van der Waals surface area contributed by atoms with Crippen LogP contribution in [0.3, 0.4) is 0 Å². The Morgan fingerprint density at radius 1 is 1.22 bits per heavy atom. The van der Waals surface area contributed by atoms with Gasteiger partial charge < -0.3 is 9.63 Å². The molecule has 2 rings (SSSR count). The van der Waals surface area contributed by atoms with Crippen LogP contribution in [0.25, 0.3) is 0 Å². The van der Waals surface area contributed by atoms with Crippen molar-refractivity contribution < 1.29 is 32.3 Å². The Labute approximate surface area is 157 Å². The minimum Gasteiger partial charge on any atom is -0.455 e. The predicted molar refractivity (Wildman–Crippen MR) is 94.6 cm³/mol. The molecule has 0 radical (unpaired) electrons. The number of hydrogen-bond donors (Lipinski definition) is 1. The number of benzene rings is 2. The molecule has 0 saturated carbocycles. The first-order valence-corrected chi connectivity index (χ1v) is 9.25. The van der Waals surface area contributed by atoms with E-state index >= 15 is 0 Å². The van der Waals surface area contributed by atoms with Gasteiger partial charge in [0.05, 0.1) is 15.5 Å². The highest BCUT2D eigenvalue weighted by molar-refractivity contribution is 7.47. The summed E-state index contributed by atoms with van der Waals surface area (Å²) >= 11 is 5.86. The molecule has 6 nitrogen and oxygen atoms in total. The molecule has 0 heterocycles. The van der Waals surface area contributed by atoms with Crippen molar-refractivity contribution >= 4 is 30.6 Å². The van der Waals surface area contributed by atoms with E-state index in [9.17, 15) is 32.7 Å². The molecule has 2 aromatic carbocycles. The largest absolute Gasteiger partial charge is 0.455 e. The van der Waals surface area contributed by atoms with Crippen LogP contribution < -0.4 is 10.0 Å². The van der Waals surface area contributed by atoms with E-state index in [4.69, 9.17) is 16.3 Å². The lowest BCUT2D eigenvalue weighted by atomic mass is 10.0. The minimum atomic E-state index is -4.58. The van der Waals surface area contributed by atoms with Crippen LogP contribution in [0.1, 0.15) is 30.9 Å². The predicted octanol–water partition coefficient (Wildman–Crippen LogP) is 5.28. The van der Waals surface area contributed by atoms with Crippen LogP contribution >= 0.6 is 19.6 Å². The number of rotatable bonds is 5. The summed E-state index contributed by atoms with van der Waals surface area (Å²) in [6.07, 6.45) is -4.58. The normalized spacial score (nSPS) is 12.9. The summed E-state index contributed by atoms with van der Waals surface area (Å²) < 4.78 is 55.3. The summed E-state index contributed by atoms with van der Waals surface area (Å²) in [4.78, 5) is 19.8. The third-order valence-electron chi connectivity index (χ3n) is 3.66. The molecule has 0 fully saturated rings. The number of ether oxygens (including phenoxy) is 1. The first kappa shape index (κ1) is 21.2. The number of nitro benzene ring substituents is 1. The summed E-state index contributed by atoms with van der Waals surface area (Å²) in [7, 11) is -3.43. The zero-order valence-corrected chi connectivity index (χ0v) is 15.8. The van der Waals surface area contributed by atoms with Gasteiger partial charge in [-0.05, 0) is 24.1 Å². The minimum absolute atomic E-state index is 0.000316. The van der Waals surface area contributed by atoms with E-state index in [1.165, 1.54) is 0 Å². The SMILES string of the molecule is CC(C)c1cc([N+](=O)[O-])c([PH](=O)O)cc1Oc1ccc(C(F)(F)F)cc1Cl. The third-order valence-corrected chi connectivity index (χ3v) is 4.81. The van der Waals surface area contributed by atoms with Gasteiger partial charge in [-0.1, -0.05) is 25.4 Å². The fraction of sp³-hybridized carbons (Fsp3) is 0.250. The molecule has 0 aliphatic heterocycles. The lowest BCUT2D eigenvalue weighted by Gasteiger charge is -2.16. The monoisotopic (exact) mass is 423 g/mol. The second-order valence-electron chi connectivity index (χ2n) is 5.87. The van der Waals surface area contributed by atoms with E-state index < -0.39 is 35.7 Å². The Bertz CT molecular complexity index is 918. The van der Waals surface area contributed by atoms with Crippen molar-refractivity contribution in [3.63, 3.8) is 0 Å². The second-order valence-corrected chi connectivity index (χ2v) is 7.43. The summed E-state index contributed by atoms with van der Waals surface area (Å²) in [5.41, 5.74) is -1.16. The summed E-state index contributed by atoms with van der Waals surface area (Å²) in [5, 5.41) is 10.4. The fourth-order valence-electron chi connectivity index (χ4n) is 2.32. The lowest BCUT2D eigenvalue weighted by molar-refractivity contribution is -0.383. The molecule has 0 spiro atoms. The van der Waals surface area contributed by atoms with Crippen molar-refractivity contribution in [1.82, 2.24) is 0 Å². The van der Waals surface area contributed by atoms with Gasteiger partial charge in [0.25, 0.3) is 5.69 Å². The lowest BCUT2D eigenvalue weighted by Crippen LogP contribution is -2.09. The van der Waals surface area contributed by atoms with Gasteiger partial charge in [0, 0.05) is 17.7 Å². The molecule has 0 aromatic heterocycles. The molecule has 1 unspecified atom stereocenters. The van der Waals surface area contributed by atoms with Crippen LogP contribution in [0, 0.1) is 10.1 Å². The Morgan fingerprint density at radius 3 is 2.30 bits per heavy atom. The van der Waals surface area contributed by atoms with Gasteiger partial charge in [0.15, 0.2) is 0 Å². The molecule has 0 saturated heterocycles. The molecule has 0 aliphatic rings. The summed E-state index contributed by atoms with van der Waals surface area (Å²) in [6.45, 7) is 3.42. The van der Waals surface area contributed by atoms with Crippen molar-refractivity contribution in [3.8, 4) is 11.5 Å². The molecule has 1 atom stereocenters. The molecule has 146 valence electrons. The molecule has 0 aliphatic carbocycles. The van der Waals surface area contributed by atoms with E-state index in [0.717, 1.165) is 24.3 Å². The van der Waals surface area contributed by atoms with Crippen LogP contribution in [-0.4, -0.2) is 9.82 Å². The van der Waals surface area contributed by atoms with Crippen LogP contribution in [0.4, 0.5) is 18.9 Å². The maximum absolute atomic E-state index is 12.7. The highest BCUT2D eigenvalue weighted by Crippen LogP contribution is 2.40. The van der Waals surface area contributed by atoms with Crippen LogP contribution in [0.5, 0.6) is 11.5 Å². The number of nitro groups is 1. The Balaban J connectivity index is 2.57. The topological polar surface area (TPSA) is 89.7 Å². The van der Waals surface area contributed by atoms with Crippen LogP contribution in [0.2, 0.25) is 5.02 Å². The quantitative estimate of drug-likeness (QED) is 0.401. The van der Waals surface area contributed by atoms with E-state index in [2.05, 4.69) is 0 Å². The van der Waals surface area contributed by atoms with Gasteiger partial charge in [0.2, 0.25) is 8.03 Å². The van der Waals surface area contributed by atoms with Crippen molar-refractivity contribution in [1.29, 1.82) is 0 Å². The smallest absolute Gasteiger partial charge is 0.416 e. The van der Waals surface area contributed by atoms with E-state index in [0.29, 0.717) is 11.6 Å². The van der Waals surface area contributed by atoms with Gasteiger partial charge in [-0.3, -0.25) is 14.7 Å². The Kier molecular flexibility index (Phi) is 6.19. The average Bonchev–Trinajstić information content (AvgIpc) is 2.54. The number of nitrogens with zero attached hydrogens (tertiary/aromatic N) is 1. The van der Waals surface area contributed by atoms with Crippen LogP contribution in [0.15, 0.2) is 30.3 Å². The van der Waals surface area contributed by atoms with Crippen molar-refractivity contribution in [2.24, 2.45) is 0 Å². The van der Waals surface area contributed by atoms with Crippen molar-refractivity contribution in [3.05, 3.63) is 56.6 Å². The van der Waals surface area contributed by atoms with E-state index in [1.54, 1.807) is 13.8 Å². The second kappa shape index (κ2) is 7.88. The highest BCUT2D eigenvalue weighted by atomic mass is 35.5. The molecule has 2 aromatic rings. The zero-order chi connectivity index (χ0) is 20.5. The van der Waals surface area contributed by atoms with Crippen molar-refractivity contribution in [2.45, 2.75) is 25.9 Å². The highest BCUT2D eigenvalue weighted by Gasteiger charge is 2.31. The maximum atomic E-state index is 12.7. The number of hydrogen-bond acceptors (Lipinski definition) is 4. The van der Waals surface area contributed by atoms with Gasteiger partial charge in [-0.25, -0.2) is 0 Å². The molecule has 11 heteroatoms. The molecule has 1 N–H and O–H groups in total. The average molecular weight is 424 g/mol. The molecule has 27 heavy (non-hydrogen) atoms.